The Labute approximate surface area is 109 Å². The number of imidazole rings is 1. The van der Waals surface area contributed by atoms with Gasteiger partial charge in [-0.15, -0.1) is 0 Å². The summed E-state index contributed by atoms with van der Waals surface area (Å²) in [4.78, 5) is 19.6. The highest BCUT2D eigenvalue weighted by atomic mass is 32.2. The zero-order valence-electron chi connectivity index (χ0n) is 10.4. The summed E-state index contributed by atoms with van der Waals surface area (Å²) >= 11 is 1.24. The van der Waals surface area contributed by atoms with Gasteiger partial charge in [-0.3, -0.25) is 4.79 Å². The lowest BCUT2D eigenvalue weighted by Gasteiger charge is -2.05. The summed E-state index contributed by atoms with van der Waals surface area (Å²) in [5, 5.41) is 9.47. The molecule has 0 radical (unpaired) electrons. The largest absolute Gasteiger partial charge is 0.481 e. The monoisotopic (exact) mass is 265 g/mol. The molecule has 2 heterocycles. The number of aryl methyl sites for hydroxylation is 2. The smallest absolute Gasteiger partial charge is 0.313 e. The molecule has 0 aliphatic heterocycles. The summed E-state index contributed by atoms with van der Waals surface area (Å²) in [6.07, 6.45) is 0.960. The van der Waals surface area contributed by atoms with Gasteiger partial charge in [0.25, 0.3) is 0 Å². The molecule has 0 aliphatic rings. The van der Waals surface area contributed by atoms with Crippen molar-refractivity contribution in [1.82, 2.24) is 14.5 Å². The van der Waals surface area contributed by atoms with Gasteiger partial charge >= 0.3 is 5.97 Å². The zero-order valence-corrected chi connectivity index (χ0v) is 11.2. The molecule has 0 aliphatic carbocycles. The number of aliphatic carboxylic acids is 1. The van der Waals surface area contributed by atoms with E-state index in [2.05, 4.69) is 16.9 Å². The van der Waals surface area contributed by atoms with Gasteiger partial charge in [0.05, 0.1) is 5.75 Å². The summed E-state index contributed by atoms with van der Waals surface area (Å²) in [5.74, 6) is -0.814. The number of hydrogen-bond donors (Lipinski definition) is 1. The summed E-state index contributed by atoms with van der Waals surface area (Å²) in [5.41, 5.74) is 2.60. The Morgan fingerprint density at radius 3 is 2.89 bits per heavy atom. The molecule has 2 aromatic rings. The van der Waals surface area contributed by atoms with E-state index in [9.17, 15) is 4.79 Å². The van der Waals surface area contributed by atoms with Crippen LogP contribution in [0.3, 0.4) is 0 Å². The molecule has 0 atom stereocenters. The normalized spacial score (nSPS) is 11.0. The third-order valence-corrected chi connectivity index (χ3v) is 3.43. The van der Waals surface area contributed by atoms with E-state index in [1.165, 1.54) is 11.8 Å². The number of nitrogens with zero attached hydrogens (tertiary/aromatic N) is 3. The van der Waals surface area contributed by atoms with E-state index in [1.807, 2.05) is 23.6 Å². The van der Waals surface area contributed by atoms with Crippen LogP contribution in [0.1, 0.15) is 19.0 Å². The van der Waals surface area contributed by atoms with Crippen molar-refractivity contribution in [3.63, 3.8) is 0 Å². The van der Waals surface area contributed by atoms with E-state index in [4.69, 9.17) is 5.11 Å². The molecule has 18 heavy (non-hydrogen) atoms. The van der Waals surface area contributed by atoms with Crippen LogP contribution in [0.4, 0.5) is 0 Å². The summed E-state index contributed by atoms with van der Waals surface area (Å²) in [6.45, 7) is 4.81. The minimum Gasteiger partial charge on any atom is -0.481 e. The summed E-state index contributed by atoms with van der Waals surface area (Å²) in [6, 6.07) is 3.84. The number of carboxylic acid groups (broad SMARTS) is 1. The average Bonchev–Trinajstić information content (AvgIpc) is 2.65. The standard InChI is InChI=1S/C12H15N3O2S/c1-3-6-15-11-9(5-4-8(2)13-11)14-12(15)18-7-10(16)17/h4-5H,3,6-7H2,1-2H3,(H,16,17). The topological polar surface area (TPSA) is 68.0 Å². The molecule has 0 aromatic carbocycles. The Balaban J connectivity index is 2.44. The second-order valence-electron chi connectivity index (χ2n) is 4.02. The summed E-state index contributed by atoms with van der Waals surface area (Å²) in [7, 11) is 0. The lowest BCUT2D eigenvalue weighted by atomic mass is 10.3. The Morgan fingerprint density at radius 1 is 1.44 bits per heavy atom. The number of hydrogen-bond acceptors (Lipinski definition) is 4. The van der Waals surface area contributed by atoms with Crippen LogP contribution in [0.15, 0.2) is 17.3 Å². The first kappa shape index (κ1) is 12.9. The van der Waals surface area contributed by atoms with Crippen LogP contribution >= 0.6 is 11.8 Å². The number of pyridine rings is 1. The second kappa shape index (κ2) is 5.39. The third kappa shape index (κ3) is 2.64. The van der Waals surface area contributed by atoms with E-state index in [0.717, 1.165) is 35.0 Å². The van der Waals surface area contributed by atoms with Gasteiger partial charge in [0, 0.05) is 12.2 Å². The molecule has 5 nitrogen and oxygen atoms in total. The predicted molar refractivity (Wildman–Crippen MR) is 70.9 cm³/mol. The molecule has 1 N–H and O–H groups in total. The molecule has 0 saturated carbocycles. The molecule has 6 heteroatoms. The minimum absolute atomic E-state index is 0.0199. The molecule has 0 saturated heterocycles. The van der Waals surface area contributed by atoms with Crippen molar-refractivity contribution in [3.8, 4) is 0 Å². The Morgan fingerprint density at radius 2 is 2.22 bits per heavy atom. The van der Waals surface area contributed by atoms with Crippen molar-refractivity contribution >= 4 is 28.9 Å². The van der Waals surface area contributed by atoms with Crippen LogP contribution in [0.5, 0.6) is 0 Å². The summed E-state index contributed by atoms with van der Waals surface area (Å²) < 4.78 is 2.00. The molecule has 0 spiro atoms. The van der Waals surface area contributed by atoms with Gasteiger partial charge in [-0.1, -0.05) is 18.7 Å². The molecule has 0 unspecified atom stereocenters. The number of fused-ring (bicyclic) bond motifs is 1. The molecule has 2 rings (SSSR count). The molecule has 2 aromatic heterocycles. The van der Waals surface area contributed by atoms with Gasteiger partial charge in [0.1, 0.15) is 5.52 Å². The van der Waals surface area contributed by atoms with Crippen molar-refractivity contribution in [2.45, 2.75) is 32.0 Å². The molecule has 0 fully saturated rings. The van der Waals surface area contributed by atoms with Gasteiger partial charge < -0.3 is 9.67 Å². The van der Waals surface area contributed by atoms with E-state index < -0.39 is 5.97 Å². The number of rotatable bonds is 5. The fraction of sp³-hybridized carbons (Fsp3) is 0.417. The number of thioether (sulfide) groups is 1. The van der Waals surface area contributed by atoms with Crippen LogP contribution in [-0.4, -0.2) is 31.4 Å². The van der Waals surface area contributed by atoms with E-state index in [1.54, 1.807) is 0 Å². The van der Waals surface area contributed by atoms with Crippen LogP contribution in [0, 0.1) is 6.92 Å². The minimum atomic E-state index is -0.834. The van der Waals surface area contributed by atoms with Gasteiger partial charge in [-0.25, -0.2) is 9.97 Å². The van der Waals surface area contributed by atoms with Crippen molar-refractivity contribution in [1.29, 1.82) is 0 Å². The molecule has 96 valence electrons. The van der Waals surface area contributed by atoms with Gasteiger partial charge in [0.2, 0.25) is 0 Å². The van der Waals surface area contributed by atoms with Gasteiger partial charge in [-0.05, 0) is 25.5 Å². The third-order valence-electron chi connectivity index (χ3n) is 2.47. The Hall–Kier alpha value is -1.56. The highest BCUT2D eigenvalue weighted by Gasteiger charge is 2.13. The van der Waals surface area contributed by atoms with E-state index in [0.29, 0.717) is 0 Å². The molecule has 0 bridgehead atoms. The maximum Gasteiger partial charge on any atom is 0.313 e. The molecule has 0 amide bonds. The fourth-order valence-electron chi connectivity index (χ4n) is 1.74. The van der Waals surface area contributed by atoms with Crippen LogP contribution < -0.4 is 0 Å². The van der Waals surface area contributed by atoms with Crippen molar-refractivity contribution < 1.29 is 9.90 Å². The SMILES string of the molecule is CCCn1c(SCC(=O)O)nc2ccc(C)nc21. The number of carbonyl (C=O) groups is 1. The van der Waals surface area contributed by atoms with Crippen molar-refractivity contribution in [2.24, 2.45) is 0 Å². The lowest BCUT2D eigenvalue weighted by molar-refractivity contribution is -0.133. The van der Waals surface area contributed by atoms with Gasteiger partial charge in [0.15, 0.2) is 10.8 Å². The maximum absolute atomic E-state index is 10.6. The van der Waals surface area contributed by atoms with Crippen LogP contribution in [0.2, 0.25) is 0 Å². The fourth-order valence-corrected chi connectivity index (χ4v) is 2.49. The Kier molecular flexibility index (Phi) is 3.86. The highest BCUT2D eigenvalue weighted by Crippen LogP contribution is 2.23. The molecular formula is C12H15N3O2S. The van der Waals surface area contributed by atoms with Gasteiger partial charge in [-0.2, -0.15) is 0 Å². The number of aromatic nitrogens is 3. The number of carboxylic acids is 1. The quantitative estimate of drug-likeness (QED) is 0.840. The van der Waals surface area contributed by atoms with Crippen LogP contribution in [0.25, 0.3) is 11.2 Å². The zero-order chi connectivity index (χ0) is 13.1. The van der Waals surface area contributed by atoms with Crippen molar-refractivity contribution in [2.75, 3.05) is 5.75 Å². The van der Waals surface area contributed by atoms with E-state index >= 15 is 0 Å². The second-order valence-corrected chi connectivity index (χ2v) is 4.97. The highest BCUT2D eigenvalue weighted by molar-refractivity contribution is 7.99. The Bertz CT molecular complexity index is 580. The van der Waals surface area contributed by atoms with Crippen molar-refractivity contribution in [3.05, 3.63) is 17.8 Å². The first-order chi connectivity index (χ1) is 8.61. The lowest BCUT2D eigenvalue weighted by Crippen LogP contribution is -2.03. The maximum atomic E-state index is 10.6. The molecular weight excluding hydrogens is 250 g/mol. The van der Waals surface area contributed by atoms with Crippen LogP contribution in [-0.2, 0) is 11.3 Å². The predicted octanol–water partition coefficient (Wildman–Crippen LogP) is 2.33. The first-order valence-corrected chi connectivity index (χ1v) is 6.79. The first-order valence-electron chi connectivity index (χ1n) is 5.80. The van der Waals surface area contributed by atoms with E-state index in [-0.39, 0.29) is 5.75 Å². The average molecular weight is 265 g/mol.